The van der Waals surface area contributed by atoms with E-state index >= 15 is 0 Å². The number of nitrogens with zero attached hydrogens (tertiary/aromatic N) is 1. The third-order valence-electron chi connectivity index (χ3n) is 4.34. The van der Waals surface area contributed by atoms with E-state index in [9.17, 15) is 23.1 Å². The number of amides is 1. The van der Waals surface area contributed by atoms with Crippen molar-refractivity contribution in [2.24, 2.45) is 0 Å². The summed E-state index contributed by atoms with van der Waals surface area (Å²) < 4.78 is 39.1. The summed E-state index contributed by atoms with van der Waals surface area (Å²) in [5.74, 6) is -0.992. The highest BCUT2D eigenvalue weighted by Crippen LogP contribution is 2.39. The van der Waals surface area contributed by atoms with Gasteiger partial charge in [0.1, 0.15) is 0 Å². The summed E-state index contributed by atoms with van der Waals surface area (Å²) in [5.41, 5.74) is 0.575. The van der Waals surface area contributed by atoms with Gasteiger partial charge in [0.05, 0.1) is 11.6 Å². The van der Waals surface area contributed by atoms with Crippen LogP contribution in [0.2, 0.25) is 0 Å². The number of hydrogen-bond donors (Lipinski definition) is 1. The Balaban J connectivity index is 2.01. The first-order valence-corrected chi connectivity index (χ1v) is 8.73. The van der Waals surface area contributed by atoms with E-state index in [0.29, 0.717) is 23.2 Å². The van der Waals surface area contributed by atoms with E-state index in [0.717, 1.165) is 16.6 Å². The van der Waals surface area contributed by atoms with Gasteiger partial charge in [-0.1, -0.05) is 35.0 Å². The minimum Gasteiger partial charge on any atom is -0.503 e. The van der Waals surface area contributed by atoms with Gasteiger partial charge in [-0.25, -0.2) is 0 Å². The molecular formula is C19H15BrF3NO2. The average Bonchev–Trinajstić information content (AvgIpc) is 2.86. The molecule has 0 fully saturated rings. The Morgan fingerprint density at radius 3 is 2.15 bits per heavy atom. The highest BCUT2D eigenvalue weighted by molar-refractivity contribution is 9.10. The molecule has 1 N–H and O–H groups in total. The molecule has 1 unspecified atom stereocenters. The summed E-state index contributed by atoms with van der Waals surface area (Å²) in [6.45, 7) is 1.85. The Bertz CT molecular complexity index is 858. The van der Waals surface area contributed by atoms with Crippen LogP contribution in [0.25, 0.3) is 5.57 Å². The topological polar surface area (TPSA) is 40.5 Å². The normalized spacial score (nSPS) is 18.0. The Kier molecular flexibility index (Phi) is 4.84. The molecule has 1 atom stereocenters. The number of aliphatic hydroxyl groups excluding tert-OH is 1. The highest BCUT2D eigenvalue weighted by atomic mass is 79.9. The zero-order valence-electron chi connectivity index (χ0n) is 13.7. The van der Waals surface area contributed by atoms with Gasteiger partial charge in [0.2, 0.25) is 0 Å². The molecule has 3 nitrogen and oxygen atoms in total. The van der Waals surface area contributed by atoms with E-state index in [1.807, 2.05) is 6.92 Å². The van der Waals surface area contributed by atoms with Crippen molar-refractivity contribution in [3.05, 3.63) is 69.9 Å². The minimum absolute atomic E-state index is 0.342. The predicted molar refractivity (Wildman–Crippen MR) is 96.7 cm³/mol. The van der Waals surface area contributed by atoms with Gasteiger partial charge in [-0.15, -0.1) is 0 Å². The Morgan fingerprint density at radius 2 is 1.65 bits per heavy atom. The maximum absolute atomic E-state index is 12.8. The number of rotatable bonds is 3. The maximum atomic E-state index is 12.8. The standard InChI is InChI=1S/C19H15BrF3NO2/c1-2-15-16(11-3-5-12(6-4-11)19(21,22)23)17(25)18(26)24(15)14-9-7-13(20)8-10-14/h3-10,15,25H,2H2,1H3. The van der Waals surface area contributed by atoms with Gasteiger partial charge in [0.25, 0.3) is 5.91 Å². The molecular weight excluding hydrogens is 411 g/mol. The largest absolute Gasteiger partial charge is 0.503 e. The molecule has 1 aliphatic rings. The molecule has 1 aliphatic heterocycles. The van der Waals surface area contributed by atoms with Gasteiger partial charge in [-0.2, -0.15) is 13.2 Å². The summed E-state index contributed by atoms with van der Waals surface area (Å²) in [6, 6.07) is 11.1. The fourth-order valence-electron chi connectivity index (χ4n) is 3.11. The van der Waals surface area contributed by atoms with Crippen LogP contribution in [-0.2, 0) is 11.0 Å². The van der Waals surface area contributed by atoms with Crippen molar-refractivity contribution in [3.8, 4) is 0 Å². The van der Waals surface area contributed by atoms with E-state index in [1.54, 1.807) is 24.3 Å². The summed E-state index contributed by atoms with van der Waals surface area (Å²) in [5, 5.41) is 10.4. The fourth-order valence-corrected chi connectivity index (χ4v) is 3.38. The van der Waals surface area contributed by atoms with Crippen LogP contribution < -0.4 is 4.90 Å². The van der Waals surface area contributed by atoms with Crippen molar-refractivity contribution in [3.63, 3.8) is 0 Å². The molecule has 1 heterocycles. The second-order valence-corrected chi connectivity index (χ2v) is 6.83. The summed E-state index contributed by atoms with van der Waals surface area (Å²) in [6.07, 6.45) is -3.93. The summed E-state index contributed by atoms with van der Waals surface area (Å²) >= 11 is 3.33. The Morgan fingerprint density at radius 1 is 1.08 bits per heavy atom. The van der Waals surface area contributed by atoms with E-state index in [-0.39, 0.29) is 0 Å². The molecule has 0 radical (unpaired) electrons. The van der Waals surface area contributed by atoms with Crippen molar-refractivity contribution in [2.75, 3.05) is 4.90 Å². The van der Waals surface area contributed by atoms with Crippen LogP contribution in [0.5, 0.6) is 0 Å². The van der Waals surface area contributed by atoms with Gasteiger partial charge in [0.15, 0.2) is 5.76 Å². The molecule has 2 aromatic carbocycles. The number of alkyl halides is 3. The van der Waals surface area contributed by atoms with Crippen LogP contribution in [0.3, 0.4) is 0 Å². The molecule has 7 heteroatoms. The SMILES string of the molecule is CCC1C(c2ccc(C(F)(F)F)cc2)=C(O)C(=O)N1c1ccc(Br)cc1. The van der Waals surface area contributed by atoms with Gasteiger partial charge in [-0.05, 0) is 48.4 Å². The lowest BCUT2D eigenvalue weighted by atomic mass is 9.96. The highest BCUT2D eigenvalue weighted by Gasteiger charge is 2.40. The summed E-state index contributed by atoms with van der Waals surface area (Å²) in [7, 11) is 0. The van der Waals surface area contributed by atoms with Gasteiger partial charge in [0, 0.05) is 15.7 Å². The molecule has 0 bridgehead atoms. The van der Waals surface area contributed by atoms with Crippen molar-refractivity contribution < 1.29 is 23.1 Å². The second-order valence-electron chi connectivity index (χ2n) is 5.91. The third-order valence-corrected chi connectivity index (χ3v) is 4.86. The Labute approximate surface area is 156 Å². The maximum Gasteiger partial charge on any atom is 0.416 e. The number of hydrogen-bond acceptors (Lipinski definition) is 2. The second kappa shape index (κ2) is 6.79. The van der Waals surface area contributed by atoms with E-state index < -0.39 is 29.4 Å². The molecule has 0 aliphatic carbocycles. The number of carbonyl (C=O) groups excluding carboxylic acids is 1. The van der Waals surface area contributed by atoms with Crippen LogP contribution in [0, 0.1) is 0 Å². The molecule has 26 heavy (non-hydrogen) atoms. The van der Waals surface area contributed by atoms with Crippen LogP contribution in [0.4, 0.5) is 18.9 Å². The molecule has 1 amide bonds. The van der Waals surface area contributed by atoms with Crippen LogP contribution in [0.1, 0.15) is 24.5 Å². The lowest BCUT2D eigenvalue weighted by Gasteiger charge is -2.26. The number of carbonyl (C=O) groups is 1. The zero-order valence-corrected chi connectivity index (χ0v) is 15.3. The zero-order chi connectivity index (χ0) is 19.1. The molecule has 136 valence electrons. The van der Waals surface area contributed by atoms with Crippen LogP contribution in [0.15, 0.2) is 58.8 Å². The van der Waals surface area contributed by atoms with E-state index in [2.05, 4.69) is 15.9 Å². The molecule has 0 aromatic heterocycles. The van der Waals surface area contributed by atoms with Gasteiger partial charge in [-0.3, -0.25) is 9.69 Å². The third kappa shape index (κ3) is 3.23. The van der Waals surface area contributed by atoms with Gasteiger partial charge >= 0.3 is 6.18 Å². The quantitative estimate of drug-likeness (QED) is 0.698. The molecule has 3 rings (SSSR count). The first-order chi connectivity index (χ1) is 12.2. The lowest BCUT2D eigenvalue weighted by molar-refractivity contribution is -0.137. The number of aliphatic hydroxyl groups is 1. The number of halogens is 4. The fraction of sp³-hybridized carbons (Fsp3) is 0.211. The molecule has 0 spiro atoms. The lowest BCUT2D eigenvalue weighted by Crippen LogP contribution is -2.35. The first-order valence-electron chi connectivity index (χ1n) is 7.94. The Hall–Kier alpha value is -2.28. The van der Waals surface area contributed by atoms with Gasteiger partial charge < -0.3 is 5.11 Å². The number of benzene rings is 2. The summed E-state index contributed by atoms with van der Waals surface area (Å²) in [4.78, 5) is 14.1. The predicted octanol–water partition coefficient (Wildman–Crippen LogP) is 5.56. The number of anilines is 1. The minimum atomic E-state index is -4.44. The van der Waals surface area contributed by atoms with Crippen LogP contribution in [-0.4, -0.2) is 17.1 Å². The van der Waals surface area contributed by atoms with Crippen molar-refractivity contribution >= 4 is 33.1 Å². The molecule has 0 saturated heterocycles. The smallest absolute Gasteiger partial charge is 0.416 e. The first kappa shape index (κ1) is 18.5. The monoisotopic (exact) mass is 425 g/mol. The van der Waals surface area contributed by atoms with E-state index in [1.165, 1.54) is 17.0 Å². The molecule has 2 aromatic rings. The molecule has 0 saturated carbocycles. The van der Waals surface area contributed by atoms with E-state index in [4.69, 9.17) is 0 Å². The van der Waals surface area contributed by atoms with Crippen molar-refractivity contribution in [1.29, 1.82) is 0 Å². The van der Waals surface area contributed by atoms with Crippen LogP contribution >= 0.6 is 15.9 Å². The van der Waals surface area contributed by atoms with Crippen molar-refractivity contribution in [1.82, 2.24) is 0 Å². The average molecular weight is 426 g/mol. The van der Waals surface area contributed by atoms with Crippen molar-refractivity contribution in [2.45, 2.75) is 25.6 Å².